The second kappa shape index (κ2) is 5.44. The number of benzene rings is 1. The van der Waals surface area contributed by atoms with Crippen LogP contribution in [0.5, 0.6) is 0 Å². The van der Waals surface area contributed by atoms with Crippen LogP contribution >= 0.6 is 11.3 Å². The number of aromatic nitrogens is 2. The van der Waals surface area contributed by atoms with Crippen molar-refractivity contribution >= 4 is 33.8 Å². The highest BCUT2D eigenvalue weighted by atomic mass is 32.1. The zero-order chi connectivity index (χ0) is 14.8. The number of carbonyl (C=O) groups excluding carboxylic acids is 1. The Bertz CT molecular complexity index is 684. The standard InChI is InChI=1S/C12H11N5O3S/c18-11(15-12-16-13-6-21-12)7-1-4-9(14-8-2-3-8)10(5-7)17(19)20/h1,4-6,8,14H,2-3H2,(H,15,16,18). The van der Waals surface area contributed by atoms with Crippen LogP contribution in [0.15, 0.2) is 23.7 Å². The van der Waals surface area contributed by atoms with Crippen molar-refractivity contribution in [1.82, 2.24) is 10.2 Å². The van der Waals surface area contributed by atoms with Gasteiger partial charge in [0.15, 0.2) is 0 Å². The third-order valence-corrected chi connectivity index (χ3v) is 3.58. The van der Waals surface area contributed by atoms with E-state index >= 15 is 0 Å². The summed E-state index contributed by atoms with van der Waals surface area (Å²) in [7, 11) is 0. The van der Waals surface area contributed by atoms with Crippen molar-refractivity contribution < 1.29 is 9.72 Å². The Morgan fingerprint density at radius 3 is 2.86 bits per heavy atom. The van der Waals surface area contributed by atoms with Crippen LogP contribution in [-0.2, 0) is 0 Å². The third kappa shape index (κ3) is 3.14. The number of nitro groups is 1. The second-order valence-corrected chi connectivity index (χ2v) is 5.44. The molecule has 0 radical (unpaired) electrons. The number of rotatable bonds is 5. The van der Waals surface area contributed by atoms with Gasteiger partial charge >= 0.3 is 0 Å². The zero-order valence-electron chi connectivity index (χ0n) is 10.8. The van der Waals surface area contributed by atoms with E-state index in [4.69, 9.17) is 0 Å². The maximum absolute atomic E-state index is 12.0. The monoisotopic (exact) mass is 305 g/mol. The molecule has 1 saturated carbocycles. The summed E-state index contributed by atoms with van der Waals surface area (Å²) in [5.41, 5.74) is 2.03. The number of hydrogen-bond donors (Lipinski definition) is 2. The van der Waals surface area contributed by atoms with Crippen molar-refractivity contribution in [1.29, 1.82) is 0 Å². The van der Waals surface area contributed by atoms with E-state index in [0.29, 0.717) is 16.9 Å². The molecule has 9 heteroatoms. The number of hydrogen-bond acceptors (Lipinski definition) is 7. The van der Waals surface area contributed by atoms with Gasteiger partial charge in [0.25, 0.3) is 11.6 Å². The molecule has 1 aromatic carbocycles. The number of nitro benzene ring substituents is 1. The summed E-state index contributed by atoms with van der Waals surface area (Å²) in [5, 5.41) is 24.4. The lowest BCUT2D eigenvalue weighted by molar-refractivity contribution is -0.384. The van der Waals surface area contributed by atoms with Gasteiger partial charge in [-0.1, -0.05) is 11.3 Å². The first-order chi connectivity index (χ1) is 10.1. The van der Waals surface area contributed by atoms with Crippen LogP contribution in [0.4, 0.5) is 16.5 Å². The normalized spacial score (nSPS) is 13.7. The number of nitrogens with zero attached hydrogens (tertiary/aromatic N) is 3. The summed E-state index contributed by atoms with van der Waals surface area (Å²) in [6.45, 7) is 0. The molecule has 8 nitrogen and oxygen atoms in total. The molecule has 3 rings (SSSR count). The van der Waals surface area contributed by atoms with E-state index in [9.17, 15) is 14.9 Å². The fourth-order valence-electron chi connectivity index (χ4n) is 1.79. The van der Waals surface area contributed by atoms with E-state index in [1.54, 1.807) is 12.1 Å². The number of amides is 1. The maximum atomic E-state index is 12.0. The van der Waals surface area contributed by atoms with Gasteiger partial charge in [-0.3, -0.25) is 20.2 Å². The molecule has 0 spiro atoms. The lowest BCUT2D eigenvalue weighted by Gasteiger charge is -2.07. The molecule has 0 atom stereocenters. The smallest absolute Gasteiger partial charge is 0.293 e. The summed E-state index contributed by atoms with van der Waals surface area (Å²) in [5.74, 6) is -0.451. The molecule has 0 unspecified atom stereocenters. The van der Waals surface area contributed by atoms with Gasteiger partial charge < -0.3 is 5.32 Å². The van der Waals surface area contributed by atoms with Crippen LogP contribution < -0.4 is 10.6 Å². The topological polar surface area (TPSA) is 110 Å². The van der Waals surface area contributed by atoms with Crippen LogP contribution in [0.3, 0.4) is 0 Å². The number of anilines is 2. The van der Waals surface area contributed by atoms with Crippen LogP contribution in [0.25, 0.3) is 0 Å². The van der Waals surface area contributed by atoms with Gasteiger partial charge in [0.2, 0.25) is 5.13 Å². The molecular weight excluding hydrogens is 294 g/mol. The SMILES string of the molecule is O=C(Nc1nncs1)c1ccc(NC2CC2)c([N+](=O)[O-])c1. The average molecular weight is 305 g/mol. The van der Waals surface area contributed by atoms with E-state index in [0.717, 1.165) is 12.8 Å². The fourth-order valence-corrected chi connectivity index (χ4v) is 2.23. The maximum Gasteiger partial charge on any atom is 0.293 e. The Hall–Kier alpha value is -2.55. The first-order valence-corrected chi connectivity index (χ1v) is 7.14. The molecule has 1 aromatic heterocycles. The molecular formula is C12H11N5O3S. The van der Waals surface area contributed by atoms with Crippen molar-refractivity contribution in [3.05, 3.63) is 39.4 Å². The molecule has 1 fully saturated rings. The highest BCUT2D eigenvalue weighted by Gasteiger charge is 2.25. The predicted molar refractivity (Wildman–Crippen MR) is 77.6 cm³/mol. The summed E-state index contributed by atoms with van der Waals surface area (Å²) >= 11 is 1.18. The Balaban J connectivity index is 1.83. The van der Waals surface area contributed by atoms with E-state index in [1.807, 2.05) is 0 Å². The largest absolute Gasteiger partial charge is 0.377 e. The molecule has 0 bridgehead atoms. The van der Waals surface area contributed by atoms with Gasteiger partial charge in [-0.15, -0.1) is 10.2 Å². The van der Waals surface area contributed by atoms with Crippen molar-refractivity contribution in [3.8, 4) is 0 Å². The van der Waals surface area contributed by atoms with Gasteiger partial charge in [-0.25, -0.2) is 0 Å². The predicted octanol–water partition coefficient (Wildman–Crippen LogP) is 2.27. The van der Waals surface area contributed by atoms with Crippen molar-refractivity contribution in [2.75, 3.05) is 10.6 Å². The van der Waals surface area contributed by atoms with E-state index in [1.165, 1.54) is 22.9 Å². The minimum absolute atomic E-state index is 0.105. The molecule has 1 aliphatic rings. The van der Waals surface area contributed by atoms with Crippen LogP contribution in [0.1, 0.15) is 23.2 Å². The molecule has 2 N–H and O–H groups in total. The Labute approximate surface area is 123 Å². The summed E-state index contributed by atoms with van der Waals surface area (Å²) in [6.07, 6.45) is 2.02. The second-order valence-electron chi connectivity index (χ2n) is 4.61. The van der Waals surface area contributed by atoms with Crippen LogP contribution in [0.2, 0.25) is 0 Å². The molecule has 1 aliphatic carbocycles. The molecule has 2 aromatic rings. The van der Waals surface area contributed by atoms with Gasteiger partial charge in [0, 0.05) is 17.7 Å². The van der Waals surface area contributed by atoms with Crippen molar-refractivity contribution in [3.63, 3.8) is 0 Å². The zero-order valence-corrected chi connectivity index (χ0v) is 11.6. The minimum Gasteiger partial charge on any atom is -0.377 e. The van der Waals surface area contributed by atoms with Gasteiger partial charge in [-0.2, -0.15) is 0 Å². The minimum atomic E-state index is -0.494. The molecule has 1 amide bonds. The van der Waals surface area contributed by atoms with Gasteiger partial charge in [0.05, 0.1) is 4.92 Å². The van der Waals surface area contributed by atoms with E-state index in [2.05, 4.69) is 20.8 Å². The van der Waals surface area contributed by atoms with Crippen molar-refractivity contribution in [2.24, 2.45) is 0 Å². The van der Waals surface area contributed by atoms with Gasteiger partial charge in [-0.05, 0) is 25.0 Å². The summed E-state index contributed by atoms with van der Waals surface area (Å²) < 4.78 is 0. The quantitative estimate of drug-likeness (QED) is 0.647. The van der Waals surface area contributed by atoms with Crippen LogP contribution in [-0.4, -0.2) is 27.1 Å². The molecule has 21 heavy (non-hydrogen) atoms. The fraction of sp³-hybridized carbons (Fsp3) is 0.250. The lowest BCUT2D eigenvalue weighted by Crippen LogP contribution is -2.13. The Morgan fingerprint density at radius 1 is 1.43 bits per heavy atom. The Kier molecular flexibility index (Phi) is 3.48. The molecule has 1 heterocycles. The molecule has 0 aliphatic heterocycles. The number of carbonyl (C=O) groups is 1. The highest BCUT2D eigenvalue weighted by Crippen LogP contribution is 2.31. The summed E-state index contributed by atoms with van der Waals surface area (Å²) in [4.78, 5) is 22.7. The van der Waals surface area contributed by atoms with Crippen molar-refractivity contribution in [2.45, 2.75) is 18.9 Å². The molecule has 0 saturated heterocycles. The first-order valence-electron chi connectivity index (χ1n) is 6.26. The van der Waals surface area contributed by atoms with E-state index in [-0.39, 0.29) is 11.3 Å². The lowest BCUT2D eigenvalue weighted by atomic mass is 10.1. The average Bonchev–Trinajstić information content (AvgIpc) is 3.13. The Morgan fingerprint density at radius 2 is 2.24 bits per heavy atom. The molecule has 108 valence electrons. The summed E-state index contributed by atoms with van der Waals surface area (Å²) in [6, 6.07) is 4.67. The van der Waals surface area contributed by atoms with Crippen LogP contribution in [0, 0.1) is 10.1 Å². The third-order valence-electron chi connectivity index (χ3n) is 2.97. The van der Waals surface area contributed by atoms with E-state index < -0.39 is 10.8 Å². The first kappa shape index (κ1) is 13.4. The van der Waals surface area contributed by atoms with Gasteiger partial charge in [0.1, 0.15) is 11.2 Å². The number of nitrogens with one attached hydrogen (secondary N) is 2. The highest BCUT2D eigenvalue weighted by molar-refractivity contribution is 7.13.